The average Bonchev–Trinajstić information content (AvgIpc) is 2.31. The molecule has 98 valence electrons. The van der Waals surface area contributed by atoms with Gasteiger partial charge in [0, 0.05) is 11.4 Å². The minimum absolute atomic E-state index is 0.0100. The molecule has 0 aliphatic rings. The number of carbonyl (C=O) groups is 1. The van der Waals surface area contributed by atoms with Crippen LogP contribution in [0, 0.1) is 10.1 Å². The Morgan fingerprint density at radius 1 is 1.50 bits per heavy atom. The van der Waals surface area contributed by atoms with Crippen LogP contribution in [-0.4, -0.2) is 17.5 Å². The summed E-state index contributed by atoms with van der Waals surface area (Å²) in [6.07, 6.45) is 0.0100. The largest absolute Gasteiger partial charge is 0.466 e. The quantitative estimate of drug-likeness (QED) is 0.340. The lowest BCUT2D eigenvalue weighted by molar-refractivity contribution is -0.385. The van der Waals surface area contributed by atoms with E-state index in [-0.39, 0.29) is 18.7 Å². The highest BCUT2D eigenvalue weighted by molar-refractivity contribution is 9.10. The highest BCUT2D eigenvalue weighted by Crippen LogP contribution is 2.31. The maximum atomic E-state index is 11.4. The fourth-order valence-corrected chi connectivity index (χ4v) is 2.28. The van der Waals surface area contributed by atoms with Crippen molar-refractivity contribution in [2.45, 2.75) is 18.7 Å². The van der Waals surface area contributed by atoms with Gasteiger partial charge in [-0.1, -0.05) is 22.0 Å². The van der Waals surface area contributed by atoms with Gasteiger partial charge in [0.05, 0.1) is 22.4 Å². The van der Waals surface area contributed by atoms with E-state index < -0.39 is 10.9 Å². The van der Waals surface area contributed by atoms with E-state index in [0.717, 1.165) is 5.56 Å². The Morgan fingerprint density at radius 2 is 2.17 bits per heavy atom. The van der Waals surface area contributed by atoms with Crippen LogP contribution in [0.4, 0.5) is 5.69 Å². The molecule has 0 aromatic heterocycles. The minimum Gasteiger partial charge on any atom is -0.466 e. The summed E-state index contributed by atoms with van der Waals surface area (Å²) < 4.78 is 5.16. The third-order valence-corrected chi connectivity index (χ3v) is 3.74. The molecule has 0 bridgehead atoms. The van der Waals surface area contributed by atoms with Gasteiger partial charge in [-0.15, -0.1) is 0 Å². The van der Waals surface area contributed by atoms with Crippen molar-refractivity contribution in [1.29, 1.82) is 0 Å². The maximum Gasteiger partial charge on any atom is 0.310 e. The summed E-state index contributed by atoms with van der Waals surface area (Å²) >= 11 is 6.40. The fourth-order valence-electron chi connectivity index (χ4n) is 1.44. The van der Waals surface area contributed by atoms with Gasteiger partial charge in [0.15, 0.2) is 0 Å². The third-order valence-electron chi connectivity index (χ3n) is 2.18. The van der Waals surface area contributed by atoms with Gasteiger partial charge in [-0.05, 0) is 34.0 Å². The van der Waals surface area contributed by atoms with Crippen molar-refractivity contribution >= 4 is 43.5 Å². The molecule has 0 heterocycles. The second-order valence-electron chi connectivity index (χ2n) is 3.46. The number of hydrogen-bond acceptors (Lipinski definition) is 4. The second-order valence-corrected chi connectivity index (χ2v) is 4.81. The predicted molar refractivity (Wildman–Crippen MR) is 73.8 cm³/mol. The van der Waals surface area contributed by atoms with Crippen LogP contribution in [-0.2, 0) is 21.3 Å². The van der Waals surface area contributed by atoms with E-state index in [1.165, 1.54) is 6.07 Å². The van der Waals surface area contributed by atoms with Crippen molar-refractivity contribution in [2.24, 2.45) is 0 Å². The summed E-state index contributed by atoms with van der Waals surface area (Å²) in [6, 6.07) is 3.20. The van der Waals surface area contributed by atoms with E-state index in [9.17, 15) is 14.9 Å². The van der Waals surface area contributed by atoms with Crippen LogP contribution in [0.3, 0.4) is 0 Å². The first kappa shape index (κ1) is 15.1. The second kappa shape index (κ2) is 6.84. The molecule has 1 aromatic rings. The molecular formula is C11H11Br2NO4. The highest BCUT2D eigenvalue weighted by Gasteiger charge is 2.19. The number of carbonyl (C=O) groups excluding carboxylic acids is 1. The number of nitrogens with zero attached hydrogens (tertiary/aromatic N) is 1. The summed E-state index contributed by atoms with van der Waals surface area (Å²) in [7, 11) is 0. The van der Waals surface area contributed by atoms with Crippen molar-refractivity contribution in [1.82, 2.24) is 0 Å². The monoisotopic (exact) mass is 379 g/mol. The highest BCUT2D eigenvalue weighted by atomic mass is 79.9. The fraction of sp³-hybridized carbons (Fsp3) is 0.364. The van der Waals surface area contributed by atoms with Gasteiger partial charge in [-0.3, -0.25) is 14.9 Å². The van der Waals surface area contributed by atoms with E-state index in [2.05, 4.69) is 31.9 Å². The molecular weight excluding hydrogens is 370 g/mol. The molecule has 0 N–H and O–H groups in total. The van der Waals surface area contributed by atoms with E-state index in [0.29, 0.717) is 15.4 Å². The molecule has 18 heavy (non-hydrogen) atoms. The van der Waals surface area contributed by atoms with Gasteiger partial charge in [-0.2, -0.15) is 0 Å². The van der Waals surface area contributed by atoms with Crippen LogP contribution < -0.4 is 0 Å². The van der Waals surface area contributed by atoms with Crippen molar-refractivity contribution in [3.8, 4) is 0 Å². The lowest BCUT2D eigenvalue weighted by atomic mass is 10.1. The molecule has 0 amide bonds. The molecule has 0 radical (unpaired) electrons. The number of hydrogen-bond donors (Lipinski definition) is 0. The molecule has 0 aliphatic heterocycles. The molecule has 0 saturated carbocycles. The Balaban J connectivity index is 3.13. The number of alkyl halides is 1. The molecule has 0 fully saturated rings. The van der Waals surface area contributed by atoms with Crippen LogP contribution in [0.15, 0.2) is 16.6 Å². The van der Waals surface area contributed by atoms with Crippen LogP contribution in [0.1, 0.15) is 18.1 Å². The molecule has 1 aromatic carbocycles. The van der Waals surface area contributed by atoms with Crippen molar-refractivity contribution in [3.05, 3.63) is 37.8 Å². The normalized spacial score (nSPS) is 10.2. The average molecular weight is 381 g/mol. The van der Waals surface area contributed by atoms with Gasteiger partial charge in [0.25, 0.3) is 5.69 Å². The number of nitro groups is 1. The SMILES string of the molecule is CCOC(=O)Cc1cc(CBr)cc([N+](=O)[O-])c1Br. The molecule has 0 unspecified atom stereocenters. The number of ether oxygens (including phenoxy) is 1. The Labute approximate surface area is 121 Å². The minimum atomic E-state index is -0.481. The lowest BCUT2D eigenvalue weighted by Gasteiger charge is -2.07. The van der Waals surface area contributed by atoms with E-state index in [4.69, 9.17) is 4.74 Å². The molecule has 7 heteroatoms. The van der Waals surface area contributed by atoms with Crippen molar-refractivity contribution in [3.63, 3.8) is 0 Å². The first-order chi connectivity index (χ1) is 8.49. The van der Waals surface area contributed by atoms with E-state index in [1.54, 1.807) is 13.0 Å². The standard InChI is InChI=1S/C11H11Br2NO4/c1-2-18-10(15)5-8-3-7(6-12)4-9(11(8)13)14(16)17/h3-4H,2,5-6H2,1H3. The first-order valence-corrected chi connectivity index (χ1v) is 7.08. The maximum absolute atomic E-state index is 11.4. The zero-order valence-electron chi connectivity index (χ0n) is 9.61. The van der Waals surface area contributed by atoms with Gasteiger partial charge in [0.2, 0.25) is 0 Å². The first-order valence-electron chi connectivity index (χ1n) is 5.16. The Hall–Kier alpha value is -0.950. The number of nitro benzene ring substituents is 1. The van der Waals surface area contributed by atoms with Crippen molar-refractivity contribution < 1.29 is 14.5 Å². The Bertz CT molecular complexity index is 476. The molecule has 0 saturated heterocycles. The summed E-state index contributed by atoms with van der Waals surface area (Å²) in [5, 5.41) is 11.4. The van der Waals surface area contributed by atoms with Gasteiger partial charge < -0.3 is 4.74 Å². The zero-order chi connectivity index (χ0) is 13.7. The number of halogens is 2. The smallest absolute Gasteiger partial charge is 0.310 e. The number of esters is 1. The van der Waals surface area contributed by atoms with Gasteiger partial charge in [0.1, 0.15) is 0 Å². The van der Waals surface area contributed by atoms with E-state index in [1.807, 2.05) is 0 Å². The molecule has 0 aliphatic carbocycles. The van der Waals surface area contributed by atoms with Gasteiger partial charge in [-0.25, -0.2) is 0 Å². The molecule has 0 atom stereocenters. The summed E-state index contributed by atoms with van der Waals surface area (Å²) in [5.41, 5.74) is 1.24. The summed E-state index contributed by atoms with van der Waals surface area (Å²) in [4.78, 5) is 21.8. The van der Waals surface area contributed by atoms with Crippen LogP contribution in [0.5, 0.6) is 0 Å². The Kier molecular flexibility index (Phi) is 5.74. The number of rotatable bonds is 5. The van der Waals surface area contributed by atoms with Crippen LogP contribution >= 0.6 is 31.9 Å². The molecule has 5 nitrogen and oxygen atoms in total. The van der Waals surface area contributed by atoms with Crippen molar-refractivity contribution in [2.75, 3.05) is 6.61 Å². The van der Waals surface area contributed by atoms with Crippen LogP contribution in [0.2, 0.25) is 0 Å². The summed E-state index contributed by atoms with van der Waals surface area (Å²) in [5.74, 6) is -0.403. The molecule has 1 rings (SSSR count). The Morgan fingerprint density at radius 3 is 2.67 bits per heavy atom. The topological polar surface area (TPSA) is 69.4 Å². The third kappa shape index (κ3) is 3.78. The molecule has 0 spiro atoms. The summed E-state index contributed by atoms with van der Waals surface area (Å²) in [6.45, 7) is 2.00. The predicted octanol–water partition coefficient (Wildman–Crippen LogP) is 3.36. The lowest BCUT2D eigenvalue weighted by Crippen LogP contribution is -2.09. The van der Waals surface area contributed by atoms with E-state index >= 15 is 0 Å². The van der Waals surface area contributed by atoms with Crippen LogP contribution in [0.25, 0.3) is 0 Å². The zero-order valence-corrected chi connectivity index (χ0v) is 12.8. The van der Waals surface area contributed by atoms with Gasteiger partial charge >= 0.3 is 5.97 Å². The number of benzene rings is 1.